The Kier molecular flexibility index (Phi) is 62.2. The number of nitrogens with zero attached hydrogens (tertiary/aromatic N) is 2. The Bertz CT molecular complexity index is 1140. The Morgan fingerprint density at radius 1 is 0.438 bits per heavy atom. The van der Waals surface area contributed by atoms with Crippen LogP contribution in [0.3, 0.4) is 0 Å². The van der Waals surface area contributed by atoms with Crippen LogP contribution in [0, 0.1) is 11.8 Å². The Balaban J connectivity index is -0.000000111. The molecule has 0 spiro atoms. The molecule has 0 aromatic carbocycles. The van der Waals surface area contributed by atoms with Crippen LogP contribution in [-0.2, 0) is 14.4 Å². The summed E-state index contributed by atoms with van der Waals surface area (Å²) < 4.78 is 0. The highest BCUT2D eigenvalue weighted by atomic mass is 16.2. The molecule has 16 atom stereocenters. The van der Waals surface area contributed by atoms with Gasteiger partial charge in [0.15, 0.2) is 0 Å². The van der Waals surface area contributed by atoms with Gasteiger partial charge in [0.25, 0.3) is 0 Å². The molecular formula is C52H132N18O3. The van der Waals surface area contributed by atoms with Gasteiger partial charge in [0.05, 0.1) is 0 Å². The number of hydrogen-bond acceptors (Lipinski definition) is 18. The molecule has 25 N–H and O–H groups in total. The summed E-state index contributed by atoms with van der Waals surface area (Å²) >= 11 is 0. The third kappa shape index (κ3) is 57.4. The van der Waals surface area contributed by atoms with Crippen LogP contribution in [0.4, 0.5) is 0 Å². The molecule has 0 fully saturated rings. The van der Waals surface area contributed by atoms with Crippen LogP contribution in [0.15, 0.2) is 0 Å². The predicted molar refractivity (Wildman–Crippen MR) is 320 cm³/mol. The van der Waals surface area contributed by atoms with E-state index in [1.165, 1.54) is 20.8 Å². The zero-order chi connectivity index (χ0) is 60.2. The van der Waals surface area contributed by atoms with E-state index in [1.807, 2.05) is 55.6 Å². The quantitative estimate of drug-likeness (QED) is 0.0648. The highest BCUT2D eigenvalue weighted by Crippen LogP contribution is 2.13. The number of amides is 3. The molecule has 0 aliphatic carbocycles. The van der Waals surface area contributed by atoms with Gasteiger partial charge in [0, 0.05) is 117 Å². The SMILES string of the molecule is CC(=O)NC(C)C(C)N.CC(=O)NC(C)C(C)NC(C)=O.CC(C(C)N(C)C)N(C)C.CC(CN)C(C)CN.CC(N)(CN)C(C)(N)CN.CC(N)C(C)N.CCNC(C)C(C)NCC.CNC(C)C(C)NC. The van der Waals surface area contributed by atoms with Crippen molar-refractivity contribution in [2.45, 2.75) is 229 Å². The van der Waals surface area contributed by atoms with Crippen molar-refractivity contribution in [2.75, 3.05) is 81.6 Å². The average molecular weight is 1060 g/mol. The maximum atomic E-state index is 10.6. The Morgan fingerprint density at radius 2 is 0.671 bits per heavy atom. The number of carbonyl (C=O) groups excluding carboxylic acids is 3. The number of hydrogen-bond donors (Lipinski definition) is 16. The second-order valence-corrected chi connectivity index (χ2v) is 21.0. The summed E-state index contributed by atoms with van der Waals surface area (Å²) in [5.74, 6) is 0.944. The topological polar surface area (TPSA) is 376 Å². The maximum absolute atomic E-state index is 10.6. The van der Waals surface area contributed by atoms with E-state index < -0.39 is 11.1 Å². The zero-order valence-electron chi connectivity index (χ0n) is 52.6. The lowest BCUT2D eigenvalue weighted by Crippen LogP contribution is -2.69. The van der Waals surface area contributed by atoms with Gasteiger partial charge in [-0.1, -0.05) is 27.7 Å². The van der Waals surface area contributed by atoms with Crippen LogP contribution < -0.4 is 88.8 Å². The van der Waals surface area contributed by atoms with E-state index in [9.17, 15) is 14.4 Å². The molecule has 0 aliphatic rings. The Hall–Kier alpha value is -2.19. The third-order valence-electron chi connectivity index (χ3n) is 13.3. The van der Waals surface area contributed by atoms with E-state index in [-0.39, 0.29) is 54.0 Å². The van der Waals surface area contributed by atoms with Crippen LogP contribution in [0.25, 0.3) is 0 Å². The Morgan fingerprint density at radius 3 is 0.795 bits per heavy atom. The van der Waals surface area contributed by atoms with Crippen molar-refractivity contribution in [1.29, 1.82) is 0 Å². The standard InChI is InChI=1S/C8H16N2O2.2C8H20N2.C6H18N4.C6H14N2O.2C6H16N2.C4H12N2/c1-5(9-7(3)11)6(2)10-8(4)12;1-7(9(3)4)8(2)10(5)6;1-5-9-7(3)8(4)10-6-2;1-5(9,3-7)6(2,10)4-8;1-4(7)5(2)8-6(3)9;1-5(7-3)6(2)8-4;1-5(3-7)6(2)4-8;1-3(5)4(2)6/h5-6H,1-4H3,(H,9,11)(H,10,12);7-8H,1-6H3;7-10H,5-6H2,1-4H3;3-4,7-10H2,1-2H3;4-5H,7H2,1-3H3,(H,8,9);5-8H,1-4H3;5-6H,3-4,7-8H2,1-2H3;3-4H,5-6H2,1-2H3. The number of nitrogens with two attached hydrogens (primary N) is 9. The molecule has 0 aliphatic heterocycles. The summed E-state index contributed by atoms with van der Waals surface area (Å²) in [7, 11) is 12.4. The van der Waals surface area contributed by atoms with Gasteiger partial charge in [-0.2, -0.15) is 0 Å². The van der Waals surface area contributed by atoms with Gasteiger partial charge in [-0.25, -0.2) is 0 Å². The van der Waals surface area contributed by atoms with Crippen LogP contribution in [0.2, 0.25) is 0 Å². The predicted octanol–water partition coefficient (Wildman–Crippen LogP) is 0.160. The number of likely N-dealkylation sites (N-methyl/N-ethyl adjacent to an activating group) is 6. The van der Waals surface area contributed by atoms with E-state index >= 15 is 0 Å². The molecule has 21 heteroatoms. The minimum absolute atomic E-state index is 0.0221. The van der Waals surface area contributed by atoms with Crippen molar-refractivity contribution in [3.63, 3.8) is 0 Å². The largest absolute Gasteiger partial charge is 0.352 e. The van der Waals surface area contributed by atoms with Gasteiger partial charge < -0.3 is 98.6 Å². The van der Waals surface area contributed by atoms with Gasteiger partial charge in [-0.05, 0) is 177 Å². The zero-order valence-corrected chi connectivity index (χ0v) is 52.6. The molecule has 16 unspecified atom stereocenters. The minimum Gasteiger partial charge on any atom is -0.352 e. The number of nitrogens with one attached hydrogen (secondary N) is 7. The molecule has 0 radical (unpaired) electrons. The highest BCUT2D eigenvalue weighted by Gasteiger charge is 2.35. The normalized spacial score (nSPS) is 18.0. The fraction of sp³-hybridized carbons (Fsp3) is 0.942. The van der Waals surface area contributed by atoms with Crippen molar-refractivity contribution in [3.05, 3.63) is 0 Å². The fourth-order valence-corrected chi connectivity index (χ4v) is 4.63. The van der Waals surface area contributed by atoms with Crippen LogP contribution in [0.5, 0.6) is 0 Å². The Labute approximate surface area is 451 Å². The summed E-state index contributed by atoms with van der Waals surface area (Å²) in [6.45, 7) is 45.2. The lowest BCUT2D eigenvalue weighted by molar-refractivity contribution is -0.122. The van der Waals surface area contributed by atoms with E-state index in [2.05, 4.69) is 144 Å². The number of carbonyl (C=O) groups is 3. The minimum atomic E-state index is -0.582. The first-order valence-electron chi connectivity index (χ1n) is 26.7. The first-order chi connectivity index (χ1) is 33.1. The molecule has 0 saturated heterocycles. The van der Waals surface area contributed by atoms with Gasteiger partial charge in [0.2, 0.25) is 17.7 Å². The summed E-state index contributed by atoms with van der Waals surface area (Å²) in [5.41, 5.74) is 48.1. The summed E-state index contributed by atoms with van der Waals surface area (Å²) in [4.78, 5) is 36.1. The highest BCUT2D eigenvalue weighted by molar-refractivity contribution is 5.74. The fourth-order valence-electron chi connectivity index (χ4n) is 4.63. The van der Waals surface area contributed by atoms with Crippen molar-refractivity contribution in [2.24, 2.45) is 63.4 Å². The van der Waals surface area contributed by atoms with E-state index in [0.29, 0.717) is 61.2 Å². The van der Waals surface area contributed by atoms with E-state index in [0.717, 1.165) is 26.2 Å². The maximum Gasteiger partial charge on any atom is 0.217 e. The molecule has 448 valence electrons. The first-order valence-corrected chi connectivity index (χ1v) is 26.7. The van der Waals surface area contributed by atoms with Crippen molar-refractivity contribution in [3.8, 4) is 0 Å². The third-order valence-corrected chi connectivity index (χ3v) is 13.3. The van der Waals surface area contributed by atoms with Gasteiger partial charge >= 0.3 is 0 Å². The molecule has 73 heavy (non-hydrogen) atoms. The van der Waals surface area contributed by atoms with Gasteiger partial charge in [0.1, 0.15) is 0 Å². The second-order valence-electron chi connectivity index (χ2n) is 21.0. The molecular weight excluding hydrogens is 925 g/mol. The summed E-state index contributed by atoms with van der Waals surface area (Å²) in [6.07, 6.45) is 0. The lowest BCUT2D eigenvalue weighted by atomic mass is 9.81. The van der Waals surface area contributed by atoms with Crippen LogP contribution >= 0.6 is 0 Å². The molecule has 0 bridgehead atoms. The molecule has 3 amide bonds. The first kappa shape index (κ1) is 87.5. The summed E-state index contributed by atoms with van der Waals surface area (Å²) in [6, 6.07) is 3.78. The van der Waals surface area contributed by atoms with Gasteiger partial charge in [-0.3, -0.25) is 14.4 Å². The monoisotopic (exact) mass is 1060 g/mol. The van der Waals surface area contributed by atoms with Crippen LogP contribution in [-0.4, -0.2) is 193 Å². The van der Waals surface area contributed by atoms with E-state index in [1.54, 1.807) is 13.8 Å². The molecule has 0 heterocycles. The smallest absolute Gasteiger partial charge is 0.217 e. The van der Waals surface area contributed by atoms with Crippen molar-refractivity contribution >= 4 is 17.7 Å². The molecule has 0 aromatic heterocycles. The summed E-state index contributed by atoms with van der Waals surface area (Å²) in [5, 5.41) is 21.1. The number of rotatable bonds is 23. The molecule has 21 nitrogen and oxygen atoms in total. The lowest BCUT2D eigenvalue weighted by Gasteiger charge is -2.39. The van der Waals surface area contributed by atoms with Gasteiger partial charge in [-0.15, -0.1) is 0 Å². The van der Waals surface area contributed by atoms with Crippen LogP contribution in [0.1, 0.15) is 145 Å². The average Bonchev–Trinajstić information content (AvgIpc) is 3.30. The second kappa shape index (κ2) is 51.9. The molecule has 0 rings (SSSR count). The molecule has 0 saturated carbocycles. The van der Waals surface area contributed by atoms with Crippen molar-refractivity contribution in [1.82, 2.24) is 47.0 Å². The molecule has 0 aromatic rings. The van der Waals surface area contributed by atoms with Crippen molar-refractivity contribution < 1.29 is 14.4 Å². The van der Waals surface area contributed by atoms with E-state index in [4.69, 9.17) is 51.6 Å².